The Morgan fingerprint density at radius 2 is 1.87 bits per heavy atom. The first kappa shape index (κ1) is 15.3. The van der Waals surface area contributed by atoms with Gasteiger partial charge in [-0.1, -0.05) is 35.5 Å². The zero-order valence-corrected chi connectivity index (χ0v) is 12.8. The average molecular weight is 313 g/mol. The average Bonchev–Trinajstić information content (AvgIpc) is 3.01. The summed E-state index contributed by atoms with van der Waals surface area (Å²) in [7, 11) is 0. The maximum atomic E-state index is 12.4. The SMILES string of the molecule is Cc1cc(C(=O)N2CCC(C(=O)[O-])(c3ccccc3)CC2)no1. The molecule has 1 aliphatic heterocycles. The molecule has 1 amide bonds. The highest BCUT2D eigenvalue weighted by molar-refractivity contribution is 5.92. The molecule has 3 rings (SSSR count). The summed E-state index contributed by atoms with van der Waals surface area (Å²) in [6, 6.07) is 10.7. The molecule has 1 aromatic carbocycles. The van der Waals surface area contributed by atoms with Gasteiger partial charge >= 0.3 is 0 Å². The number of carboxylic acid groups (broad SMARTS) is 1. The minimum Gasteiger partial charge on any atom is -0.549 e. The van der Waals surface area contributed by atoms with Crippen molar-refractivity contribution >= 4 is 11.9 Å². The second-order valence-electron chi connectivity index (χ2n) is 5.85. The molecule has 23 heavy (non-hydrogen) atoms. The van der Waals surface area contributed by atoms with Gasteiger partial charge in [-0.15, -0.1) is 0 Å². The Morgan fingerprint density at radius 3 is 2.39 bits per heavy atom. The monoisotopic (exact) mass is 313 g/mol. The van der Waals surface area contributed by atoms with Crippen LogP contribution in [0.3, 0.4) is 0 Å². The van der Waals surface area contributed by atoms with Crippen LogP contribution in [0.15, 0.2) is 40.9 Å². The van der Waals surface area contributed by atoms with Crippen LogP contribution in [0, 0.1) is 6.92 Å². The van der Waals surface area contributed by atoms with Gasteiger partial charge in [0.2, 0.25) is 0 Å². The van der Waals surface area contributed by atoms with E-state index in [-0.39, 0.29) is 11.6 Å². The van der Waals surface area contributed by atoms with Gasteiger partial charge in [-0.2, -0.15) is 0 Å². The van der Waals surface area contributed by atoms with E-state index in [1.165, 1.54) is 0 Å². The standard InChI is InChI=1S/C17H18N2O4/c1-12-11-14(18-23-12)15(20)19-9-7-17(8-10-19,16(21)22)13-5-3-2-4-6-13/h2-6,11H,7-10H2,1H3,(H,21,22)/p-1. The minimum absolute atomic E-state index is 0.234. The highest BCUT2D eigenvalue weighted by atomic mass is 16.5. The number of benzene rings is 1. The zero-order valence-electron chi connectivity index (χ0n) is 12.8. The van der Waals surface area contributed by atoms with Crippen molar-refractivity contribution in [1.29, 1.82) is 0 Å². The number of aliphatic carboxylic acids is 1. The number of aromatic nitrogens is 1. The molecule has 2 aromatic rings. The summed E-state index contributed by atoms with van der Waals surface area (Å²) in [5.74, 6) is -0.756. The number of nitrogens with zero attached hydrogens (tertiary/aromatic N) is 2. The summed E-state index contributed by atoms with van der Waals surface area (Å²) in [6.07, 6.45) is 0.643. The molecule has 120 valence electrons. The van der Waals surface area contributed by atoms with E-state index in [0.29, 0.717) is 31.7 Å². The molecule has 6 nitrogen and oxygen atoms in total. The minimum atomic E-state index is -1.09. The number of hydrogen-bond donors (Lipinski definition) is 0. The van der Waals surface area contributed by atoms with Crippen molar-refractivity contribution in [3.05, 3.63) is 53.4 Å². The van der Waals surface area contributed by atoms with Gasteiger partial charge in [0.1, 0.15) is 5.76 Å². The van der Waals surface area contributed by atoms with Crippen molar-refractivity contribution in [2.45, 2.75) is 25.2 Å². The van der Waals surface area contributed by atoms with Gasteiger partial charge < -0.3 is 19.3 Å². The summed E-state index contributed by atoms with van der Waals surface area (Å²) in [5, 5.41) is 15.5. The van der Waals surface area contributed by atoms with Crippen molar-refractivity contribution in [2.75, 3.05) is 13.1 Å². The number of piperidine rings is 1. The Morgan fingerprint density at radius 1 is 1.22 bits per heavy atom. The summed E-state index contributed by atoms with van der Waals surface area (Å²) >= 11 is 0. The fraction of sp³-hybridized carbons (Fsp3) is 0.353. The molecule has 0 N–H and O–H groups in total. The van der Waals surface area contributed by atoms with E-state index in [4.69, 9.17) is 4.52 Å². The first-order valence-corrected chi connectivity index (χ1v) is 7.52. The molecule has 0 unspecified atom stereocenters. The normalized spacial score (nSPS) is 17.0. The number of carboxylic acids is 1. The highest BCUT2D eigenvalue weighted by Crippen LogP contribution is 2.35. The van der Waals surface area contributed by atoms with Gasteiger partial charge in [0.15, 0.2) is 5.69 Å². The molecule has 0 radical (unpaired) electrons. The van der Waals surface area contributed by atoms with Crippen molar-refractivity contribution in [3.8, 4) is 0 Å². The van der Waals surface area contributed by atoms with E-state index in [1.54, 1.807) is 30.0 Å². The molecule has 0 bridgehead atoms. The van der Waals surface area contributed by atoms with E-state index in [2.05, 4.69) is 5.16 Å². The summed E-state index contributed by atoms with van der Waals surface area (Å²) in [5.41, 5.74) is -0.0647. The lowest BCUT2D eigenvalue weighted by Crippen LogP contribution is -2.53. The lowest BCUT2D eigenvalue weighted by Gasteiger charge is -2.42. The molecule has 1 saturated heterocycles. The molecule has 2 heterocycles. The lowest BCUT2D eigenvalue weighted by atomic mass is 9.73. The first-order valence-electron chi connectivity index (χ1n) is 7.52. The number of hydrogen-bond acceptors (Lipinski definition) is 5. The number of amides is 1. The van der Waals surface area contributed by atoms with Gasteiger partial charge in [-0.25, -0.2) is 0 Å². The maximum Gasteiger partial charge on any atom is 0.276 e. The Bertz CT molecular complexity index is 715. The van der Waals surface area contributed by atoms with Gasteiger partial charge in [0.25, 0.3) is 5.91 Å². The molecular weight excluding hydrogens is 296 g/mol. The van der Waals surface area contributed by atoms with E-state index < -0.39 is 11.4 Å². The Balaban J connectivity index is 1.78. The summed E-state index contributed by atoms with van der Waals surface area (Å²) in [6.45, 7) is 2.40. The third-order valence-corrected chi connectivity index (χ3v) is 4.47. The van der Waals surface area contributed by atoms with E-state index in [9.17, 15) is 14.7 Å². The fourth-order valence-corrected chi connectivity index (χ4v) is 3.09. The predicted molar refractivity (Wildman–Crippen MR) is 79.5 cm³/mol. The summed E-state index contributed by atoms with van der Waals surface area (Å²) in [4.78, 5) is 25.8. The number of carbonyl (C=O) groups is 2. The van der Waals surface area contributed by atoms with E-state index in [1.807, 2.05) is 18.2 Å². The van der Waals surface area contributed by atoms with Crippen molar-refractivity contribution < 1.29 is 19.2 Å². The molecule has 0 aliphatic carbocycles. The predicted octanol–water partition coefficient (Wildman–Crippen LogP) is 0.907. The van der Waals surface area contributed by atoms with Gasteiger partial charge in [-0.3, -0.25) is 4.79 Å². The second-order valence-corrected chi connectivity index (χ2v) is 5.85. The molecule has 1 aromatic heterocycles. The number of carbonyl (C=O) groups excluding carboxylic acids is 2. The van der Waals surface area contributed by atoms with Crippen LogP contribution < -0.4 is 5.11 Å². The quantitative estimate of drug-likeness (QED) is 0.840. The molecule has 6 heteroatoms. The van der Waals surface area contributed by atoms with Crippen LogP contribution >= 0.6 is 0 Å². The number of likely N-dealkylation sites (tertiary alicyclic amines) is 1. The van der Waals surface area contributed by atoms with Crippen molar-refractivity contribution in [3.63, 3.8) is 0 Å². The smallest absolute Gasteiger partial charge is 0.276 e. The maximum absolute atomic E-state index is 12.4. The van der Waals surface area contributed by atoms with Crippen LogP contribution in [0.5, 0.6) is 0 Å². The van der Waals surface area contributed by atoms with Crippen LogP contribution in [0.4, 0.5) is 0 Å². The van der Waals surface area contributed by atoms with Crippen LogP contribution in [-0.2, 0) is 10.2 Å². The van der Waals surface area contributed by atoms with Crippen LogP contribution in [0.2, 0.25) is 0 Å². The Labute approximate surface area is 133 Å². The Kier molecular flexibility index (Phi) is 3.90. The van der Waals surface area contributed by atoms with Gasteiger partial charge in [-0.05, 0) is 25.3 Å². The Hall–Kier alpha value is -2.63. The van der Waals surface area contributed by atoms with Crippen LogP contribution in [0.25, 0.3) is 0 Å². The van der Waals surface area contributed by atoms with Gasteiger partial charge in [0, 0.05) is 24.6 Å². The molecule has 0 atom stereocenters. The molecule has 0 spiro atoms. The van der Waals surface area contributed by atoms with E-state index >= 15 is 0 Å². The topological polar surface area (TPSA) is 86.5 Å². The molecule has 0 saturated carbocycles. The van der Waals surface area contributed by atoms with Crippen molar-refractivity contribution in [2.24, 2.45) is 0 Å². The van der Waals surface area contributed by atoms with E-state index in [0.717, 1.165) is 5.56 Å². The number of aryl methyl sites for hydroxylation is 1. The third kappa shape index (κ3) is 2.72. The summed E-state index contributed by atoms with van der Waals surface area (Å²) < 4.78 is 4.92. The second kappa shape index (κ2) is 5.87. The van der Waals surface area contributed by atoms with Crippen LogP contribution in [-0.4, -0.2) is 35.0 Å². The highest BCUT2D eigenvalue weighted by Gasteiger charge is 2.39. The third-order valence-electron chi connectivity index (χ3n) is 4.47. The molecule has 1 fully saturated rings. The number of rotatable bonds is 3. The van der Waals surface area contributed by atoms with Crippen LogP contribution in [0.1, 0.15) is 34.7 Å². The molecular formula is C17H17N2O4-. The van der Waals surface area contributed by atoms with Crippen molar-refractivity contribution in [1.82, 2.24) is 10.1 Å². The lowest BCUT2D eigenvalue weighted by molar-refractivity contribution is -0.315. The largest absolute Gasteiger partial charge is 0.549 e. The zero-order chi connectivity index (χ0) is 16.4. The first-order chi connectivity index (χ1) is 11.0. The fourth-order valence-electron chi connectivity index (χ4n) is 3.09. The molecule has 1 aliphatic rings. The van der Waals surface area contributed by atoms with Gasteiger partial charge in [0.05, 0.1) is 5.97 Å².